The molecule has 0 radical (unpaired) electrons. The summed E-state index contributed by atoms with van der Waals surface area (Å²) in [4.78, 5) is 11.9. The highest BCUT2D eigenvalue weighted by atomic mass is 35.5. The highest BCUT2D eigenvalue weighted by Gasteiger charge is 2.07. The van der Waals surface area contributed by atoms with Crippen LogP contribution in [-0.2, 0) is 17.8 Å². The van der Waals surface area contributed by atoms with E-state index < -0.39 is 0 Å². The number of amides is 1. The van der Waals surface area contributed by atoms with Crippen molar-refractivity contribution in [2.24, 2.45) is 5.92 Å². The molecule has 4 nitrogen and oxygen atoms in total. The summed E-state index contributed by atoms with van der Waals surface area (Å²) in [5.41, 5.74) is 1.87. The van der Waals surface area contributed by atoms with Crippen molar-refractivity contribution in [2.45, 2.75) is 20.0 Å². The van der Waals surface area contributed by atoms with Crippen LogP contribution in [0.5, 0.6) is 5.75 Å². The number of halogens is 1. The van der Waals surface area contributed by atoms with E-state index in [9.17, 15) is 4.79 Å². The monoisotopic (exact) mass is 347 g/mol. The third-order valence-electron chi connectivity index (χ3n) is 3.52. The van der Waals surface area contributed by atoms with E-state index in [0.29, 0.717) is 23.9 Å². The molecule has 0 aliphatic carbocycles. The van der Waals surface area contributed by atoms with Crippen LogP contribution in [0.4, 0.5) is 0 Å². The zero-order valence-corrected chi connectivity index (χ0v) is 14.4. The minimum Gasteiger partial charge on any atom is -0.489 e. The Morgan fingerprint density at radius 3 is 2.71 bits per heavy atom. The largest absolute Gasteiger partial charge is 0.489 e. The van der Waals surface area contributed by atoms with Gasteiger partial charge in [0.05, 0.1) is 6.42 Å². The Morgan fingerprint density at radius 2 is 1.96 bits per heavy atom. The SMILES string of the molecule is CC(CO)CNC(=O)Cc1cccc(OCc2cccc(Cl)c2)c1. The summed E-state index contributed by atoms with van der Waals surface area (Å²) in [6.07, 6.45) is 0.284. The number of benzene rings is 2. The molecule has 0 saturated carbocycles. The van der Waals surface area contributed by atoms with Crippen molar-refractivity contribution in [1.29, 1.82) is 0 Å². The van der Waals surface area contributed by atoms with E-state index in [1.165, 1.54) is 0 Å². The third kappa shape index (κ3) is 6.22. The quantitative estimate of drug-likeness (QED) is 0.771. The lowest BCUT2D eigenvalue weighted by molar-refractivity contribution is -0.120. The van der Waals surface area contributed by atoms with Crippen LogP contribution >= 0.6 is 11.6 Å². The van der Waals surface area contributed by atoms with Gasteiger partial charge in [-0.05, 0) is 41.3 Å². The van der Waals surface area contributed by atoms with E-state index in [0.717, 1.165) is 11.1 Å². The number of aliphatic hydroxyl groups excluding tert-OH is 1. The number of hydrogen-bond donors (Lipinski definition) is 2. The zero-order valence-electron chi connectivity index (χ0n) is 13.7. The Hall–Kier alpha value is -2.04. The maximum Gasteiger partial charge on any atom is 0.224 e. The fourth-order valence-electron chi connectivity index (χ4n) is 2.14. The number of hydrogen-bond acceptors (Lipinski definition) is 3. The number of carbonyl (C=O) groups excluding carboxylic acids is 1. The second-order valence-corrected chi connectivity index (χ2v) is 6.27. The van der Waals surface area contributed by atoms with Crippen LogP contribution in [0.2, 0.25) is 5.02 Å². The summed E-state index contributed by atoms with van der Waals surface area (Å²) in [5, 5.41) is 12.5. The lowest BCUT2D eigenvalue weighted by atomic mass is 10.1. The highest BCUT2D eigenvalue weighted by Crippen LogP contribution is 2.17. The van der Waals surface area contributed by atoms with Crippen molar-refractivity contribution < 1.29 is 14.6 Å². The van der Waals surface area contributed by atoms with Gasteiger partial charge < -0.3 is 15.2 Å². The van der Waals surface area contributed by atoms with Crippen LogP contribution in [0, 0.1) is 5.92 Å². The number of ether oxygens (including phenoxy) is 1. The van der Waals surface area contributed by atoms with E-state index in [2.05, 4.69) is 5.32 Å². The Labute approximate surface area is 147 Å². The zero-order chi connectivity index (χ0) is 17.4. The lowest BCUT2D eigenvalue weighted by Crippen LogP contribution is -2.30. The van der Waals surface area contributed by atoms with Crippen LogP contribution in [0.15, 0.2) is 48.5 Å². The molecule has 0 aliphatic rings. The van der Waals surface area contributed by atoms with Crippen molar-refractivity contribution in [1.82, 2.24) is 5.32 Å². The Kier molecular flexibility index (Phi) is 7.09. The second-order valence-electron chi connectivity index (χ2n) is 5.83. The van der Waals surface area contributed by atoms with Gasteiger partial charge in [0.2, 0.25) is 5.91 Å². The summed E-state index contributed by atoms with van der Waals surface area (Å²) in [7, 11) is 0. The van der Waals surface area contributed by atoms with Crippen LogP contribution in [0.3, 0.4) is 0 Å². The van der Waals surface area contributed by atoms with Gasteiger partial charge in [-0.25, -0.2) is 0 Å². The standard InChI is InChI=1S/C19H22ClNO3/c1-14(12-22)11-21-19(23)10-15-4-3-7-18(9-15)24-13-16-5-2-6-17(20)8-16/h2-9,14,22H,10-13H2,1H3,(H,21,23). The highest BCUT2D eigenvalue weighted by molar-refractivity contribution is 6.30. The maximum atomic E-state index is 11.9. The van der Waals surface area contributed by atoms with Gasteiger partial charge in [-0.1, -0.05) is 42.8 Å². The molecular formula is C19H22ClNO3. The molecule has 5 heteroatoms. The van der Waals surface area contributed by atoms with Gasteiger partial charge >= 0.3 is 0 Å². The predicted molar refractivity (Wildman–Crippen MR) is 95.2 cm³/mol. The third-order valence-corrected chi connectivity index (χ3v) is 3.75. The van der Waals surface area contributed by atoms with Gasteiger partial charge in [0.25, 0.3) is 0 Å². The van der Waals surface area contributed by atoms with E-state index in [-0.39, 0.29) is 24.9 Å². The molecule has 0 saturated heterocycles. The maximum absolute atomic E-state index is 11.9. The summed E-state index contributed by atoms with van der Waals surface area (Å²) >= 11 is 5.96. The normalized spacial score (nSPS) is 11.8. The molecule has 2 N–H and O–H groups in total. The Morgan fingerprint density at radius 1 is 1.21 bits per heavy atom. The molecule has 2 aromatic rings. The molecule has 0 fully saturated rings. The average molecular weight is 348 g/mol. The van der Waals surface area contributed by atoms with Gasteiger partial charge in [0.15, 0.2) is 0 Å². The number of nitrogens with one attached hydrogen (secondary N) is 1. The molecule has 0 bridgehead atoms. The fourth-order valence-corrected chi connectivity index (χ4v) is 2.35. The minimum atomic E-state index is -0.0673. The first-order chi connectivity index (χ1) is 11.6. The predicted octanol–water partition coefficient (Wildman–Crippen LogP) is 3.21. The molecule has 128 valence electrons. The average Bonchev–Trinajstić information content (AvgIpc) is 2.58. The number of rotatable bonds is 8. The lowest BCUT2D eigenvalue weighted by Gasteiger charge is -2.11. The molecule has 1 unspecified atom stereocenters. The molecule has 1 amide bonds. The topological polar surface area (TPSA) is 58.6 Å². The first kappa shape index (κ1) is 18.3. The Balaban J connectivity index is 1.88. The van der Waals surface area contributed by atoms with Gasteiger partial charge in [0, 0.05) is 18.2 Å². The van der Waals surface area contributed by atoms with Crippen LogP contribution in [-0.4, -0.2) is 24.2 Å². The van der Waals surface area contributed by atoms with Crippen molar-refractivity contribution in [3.8, 4) is 5.75 Å². The molecule has 0 aromatic heterocycles. The fraction of sp³-hybridized carbons (Fsp3) is 0.316. The molecule has 2 aromatic carbocycles. The second kappa shape index (κ2) is 9.30. The van der Waals surface area contributed by atoms with E-state index in [1.54, 1.807) is 0 Å². The summed E-state index contributed by atoms with van der Waals surface area (Å²) < 4.78 is 5.76. The molecule has 24 heavy (non-hydrogen) atoms. The van der Waals surface area contributed by atoms with E-state index in [4.69, 9.17) is 21.4 Å². The molecular weight excluding hydrogens is 326 g/mol. The van der Waals surface area contributed by atoms with Crippen molar-refractivity contribution in [2.75, 3.05) is 13.2 Å². The molecule has 0 aliphatic heterocycles. The van der Waals surface area contributed by atoms with E-state index in [1.807, 2.05) is 55.5 Å². The van der Waals surface area contributed by atoms with Crippen molar-refractivity contribution >= 4 is 17.5 Å². The summed E-state index contributed by atoms with van der Waals surface area (Å²) in [6, 6.07) is 15.0. The summed E-state index contributed by atoms with van der Waals surface area (Å²) in [5.74, 6) is 0.701. The Bertz CT molecular complexity index is 675. The molecule has 0 heterocycles. The number of carbonyl (C=O) groups is 1. The van der Waals surface area contributed by atoms with E-state index >= 15 is 0 Å². The molecule has 0 spiro atoms. The van der Waals surface area contributed by atoms with Crippen LogP contribution in [0.25, 0.3) is 0 Å². The number of aliphatic hydroxyl groups is 1. The smallest absolute Gasteiger partial charge is 0.224 e. The first-order valence-corrected chi connectivity index (χ1v) is 8.28. The van der Waals surface area contributed by atoms with Gasteiger partial charge in [-0.15, -0.1) is 0 Å². The van der Waals surface area contributed by atoms with Crippen molar-refractivity contribution in [3.63, 3.8) is 0 Å². The van der Waals surface area contributed by atoms with Crippen LogP contribution < -0.4 is 10.1 Å². The van der Waals surface area contributed by atoms with Gasteiger partial charge in [-0.3, -0.25) is 4.79 Å². The minimum absolute atomic E-state index is 0.0568. The summed E-state index contributed by atoms with van der Waals surface area (Å²) in [6.45, 7) is 2.84. The van der Waals surface area contributed by atoms with Crippen molar-refractivity contribution in [3.05, 3.63) is 64.7 Å². The molecule has 1 atom stereocenters. The molecule has 2 rings (SSSR count). The van der Waals surface area contributed by atoms with Crippen LogP contribution in [0.1, 0.15) is 18.1 Å². The van der Waals surface area contributed by atoms with Gasteiger partial charge in [0.1, 0.15) is 12.4 Å². The van der Waals surface area contributed by atoms with Gasteiger partial charge in [-0.2, -0.15) is 0 Å². The first-order valence-electron chi connectivity index (χ1n) is 7.90.